The Morgan fingerprint density at radius 2 is 2.12 bits per heavy atom. The van der Waals surface area contributed by atoms with Crippen LogP contribution in [0.2, 0.25) is 0 Å². The molecule has 3 rings (SSSR count). The molecule has 3 heterocycles. The average molecular weight is 235 g/mol. The minimum atomic E-state index is 0.373. The van der Waals surface area contributed by atoms with Crippen molar-refractivity contribution in [2.75, 3.05) is 7.05 Å². The summed E-state index contributed by atoms with van der Waals surface area (Å²) in [5, 5.41) is 9.38. The van der Waals surface area contributed by atoms with Crippen molar-refractivity contribution in [1.29, 1.82) is 0 Å². The van der Waals surface area contributed by atoms with Gasteiger partial charge >= 0.3 is 0 Å². The monoisotopic (exact) mass is 235 g/mol. The lowest BCUT2D eigenvalue weighted by molar-refractivity contribution is 0.346. The van der Waals surface area contributed by atoms with Crippen molar-refractivity contribution in [2.45, 2.75) is 33.0 Å². The topological polar surface area (TPSA) is 69.5 Å². The van der Waals surface area contributed by atoms with E-state index in [9.17, 15) is 0 Å². The maximum atomic E-state index is 4.69. The molecule has 1 aromatic heterocycles. The van der Waals surface area contributed by atoms with E-state index in [0.29, 0.717) is 6.04 Å². The van der Waals surface area contributed by atoms with Crippen molar-refractivity contribution in [3.8, 4) is 0 Å². The van der Waals surface area contributed by atoms with Gasteiger partial charge in [-0.2, -0.15) is 0 Å². The largest absolute Gasteiger partial charge is 0.321 e. The summed E-state index contributed by atoms with van der Waals surface area (Å²) in [7, 11) is 1.92. The van der Waals surface area contributed by atoms with Gasteiger partial charge in [0, 0.05) is 26.2 Å². The van der Waals surface area contributed by atoms with Gasteiger partial charge in [0.25, 0.3) is 0 Å². The molecule has 2 aliphatic rings. The van der Waals surface area contributed by atoms with Gasteiger partial charge in [-0.25, -0.2) is 10.5 Å². The van der Waals surface area contributed by atoms with E-state index in [1.54, 1.807) is 0 Å². The second kappa shape index (κ2) is 3.71. The van der Waals surface area contributed by atoms with Crippen LogP contribution in [0.15, 0.2) is 5.10 Å². The van der Waals surface area contributed by atoms with Crippen molar-refractivity contribution in [3.63, 3.8) is 0 Å². The highest BCUT2D eigenvalue weighted by Crippen LogP contribution is 2.23. The molecule has 0 saturated heterocycles. The van der Waals surface area contributed by atoms with Crippen LogP contribution >= 0.6 is 0 Å². The Morgan fingerprint density at radius 3 is 2.76 bits per heavy atom. The highest BCUT2D eigenvalue weighted by Gasteiger charge is 2.28. The van der Waals surface area contributed by atoms with Crippen LogP contribution < -0.4 is 16.4 Å². The molecule has 0 unspecified atom stereocenters. The van der Waals surface area contributed by atoms with Crippen LogP contribution in [0, 0.1) is 0 Å². The van der Waals surface area contributed by atoms with Gasteiger partial charge in [0.2, 0.25) is 5.84 Å². The first kappa shape index (κ1) is 10.5. The molecule has 3 N–H and O–H groups in total. The van der Waals surface area contributed by atoms with E-state index in [2.05, 4.69) is 39.9 Å². The van der Waals surface area contributed by atoms with Crippen LogP contribution in [-0.2, 0) is 13.1 Å². The molecule has 0 bridgehead atoms. The third-order valence-electron chi connectivity index (χ3n) is 3.09. The zero-order chi connectivity index (χ0) is 12.0. The van der Waals surface area contributed by atoms with Crippen LogP contribution in [0.25, 0.3) is 0 Å². The fourth-order valence-electron chi connectivity index (χ4n) is 2.34. The second-order valence-electron chi connectivity index (χ2n) is 4.61. The van der Waals surface area contributed by atoms with Gasteiger partial charge in [0.1, 0.15) is 0 Å². The fraction of sp³-hybridized carbons (Fsp3) is 0.600. The molecule has 0 aliphatic carbocycles. The Hall–Kier alpha value is -1.60. The van der Waals surface area contributed by atoms with E-state index < -0.39 is 0 Å². The zero-order valence-corrected chi connectivity index (χ0v) is 10.3. The van der Waals surface area contributed by atoms with Gasteiger partial charge < -0.3 is 9.88 Å². The predicted molar refractivity (Wildman–Crippen MR) is 63.7 cm³/mol. The number of amidine groups is 1. The minimum absolute atomic E-state index is 0.373. The van der Waals surface area contributed by atoms with E-state index in [4.69, 9.17) is 4.98 Å². The molecule has 0 amide bonds. The molecular formula is C10H17N7. The van der Waals surface area contributed by atoms with Crippen LogP contribution in [0.5, 0.6) is 0 Å². The van der Waals surface area contributed by atoms with Crippen molar-refractivity contribution in [3.05, 3.63) is 17.2 Å². The van der Waals surface area contributed by atoms with Crippen molar-refractivity contribution in [2.24, 2.45) is 5.10 Å². The Labute approximate surface area is 99.8 Å². The van der Waals surface area contributed by atoms with E-state index in [1.165, 1.54) is 5.69 Å². The van der Waals surface area contributed by atoms with E-state index in [0.717, 1.165) is 30.4 Å². The zero-order valence-electron chi connectivity index (χ0n) is 10.3. The molecule has 0 radical (unpaired) electrons. The smallest absolute Gasteiger partial charge is 0.208 e. The number of hydrogen-bond donors (Lipinski definition) is 3. The molecule has 17 heavy (non-hydrogen) atoms. The number of fused-ring (bicyclic) bond motifs is 1. The van der Waals surface area contributed by atoms with E-state index >= 15 is 0 Å². The summed E-state index contributed by atoms with van der Waals surface area (Å²) in [6.07, 6.45) is 0. The fourth-order valence-corrected chi connectivity index (χ4v) is 2.34. The summed E-state index contributed by atoms with van der Waals surface area (Å²) in [6.45, 7) is 6.07. The van der Waals surface area contributed by atoms with Crippen molar-refractivity contribution < 1.29 is 0 Å². The number of hydrazone groups is 1. The Morgan fingerprint density at radius 1 is 1.29 bits per heavy atom. The molecule has 0 fully saturated rings. The first-order valence-electron chi connectivity index (χ1n) is 5.81. The summed E-state index contributed by atoms with van der Waals surface area (Å²) in [5.74, 6) is 1.75. The van der Waals surface area contributed by atoms with E-state index in [1.807, 2.05) is 12.1 Å². The number of imidazole rings is 1. The van der Waals surface area contributed by atoms with Gasteiger partial charge in [-0.15, -0.1) is 10.6 Å². The molecule has 92 valence electrons. The first-order chi connectivity index (χ1) is 8.18. The SMILES string of the molecule is CC(C)n1c(C2=NNNN2C)nc2c1CNC2. The second-order valence-corrected chi connectivity index (χ2v) is 4.61. The third kappa shape index (κ3) is 1.50. The molecule has 0 atom stereocenters. The van der Waals surface area contributed by atoms with Crippen LogP contribution in [0.1, 0.15) is 37.1 Å². The highest BCUT2D eigenvalue weighted by molar-refractivity contribution is 5.96. The minimum Gasteiger partial charge on any atom is -0.321 e. The molecule has 7 heteroatoms. The Balaban J connectivity index is 2.11. The maximum absolute atomic E-state index is 4.69. The molecule has 1 aromatic rings. The van der Waals surface area contributed by atoms with Crippen LogP contribution in [0.4, 0.5) is 0 Å². The van der Waals surface area contributed by atoms with E-state index in [-0.39, 0.29) is 0 Å². The summed E-state index contributed by atoms with van der Waals surface area (Å²) in [6, 6.07) is 0.373. The van der Waals surface area contributed by atoms with Crippen molar-refractivity contribution >= 4 is 5.84 Å². The summed E-state index contributed by atoms with van der Waals surface area (Å²) < 4.78 is 2.25. The quantitative estimate of drug-likeness (QED) is 0.655. The first-order valence-corrected chi connectivity index (χ1v) is 5.81. The number of nitrogens with one attached hydrogen (secondary N) is 3. The van der Waals surface area contributed by atoms with Gasteiger partial charge in [0.15, 0.2) is 5.82 Å². The van der Waals surface area contributed by atoms with Crippen molar-refractivity contribution in [1.82, 2.24) is 30.9 Å². The molecule has 0 saturated carbocycles. The molecular weight excluding hydrogens is 218 g/mol. The van der Waals surface area contributed by atoms with Crippen LogP contribution in [0.3, 0.4) is 0 Å². The average Bonchev–Trinajstić information content (AvgIpc) is 2.89. The predicted octanol–water partition coefficient (Wildman–Crippen LogP) is -0.317. The standard InChI is InChI=1S/C10H17N7/c1-6(2)17-8-5-11-4-7(8)12-9(17)10-13-14-15-16(10)3/h6,11,14-15H,4-5H2,1-3H3. The van der Waals surface area contributed by atoms with Gasteiger partial charge in [-0.3, -0.25) is 5.01 Å². The van der Waals surface area contributed by atoms with Gasteiger partial charge in [-0.1, -0.05) is 0 Å². The molecule has 0 aromatic carbocycles. The van der Waals surface area contributed by atoms with Gasteiger partial charge in [0.05, 0.1) is 11.4 Å². The van der Waals surface area contributed by atoms with Gasteiger partial charge in [-0.05, 0) is 13.8 Å². The Bertz CT molecular complexity index is 473. The molecule has 7 nitrogen and oxygen atoms in total. The lowest BCUT2D eigenvalue weighted by Gasteiger charge is -2.17. The maximum Gasteiger partial charge on any atom is 0.208 e. The number of hydrazine groups is 2. The normalized spacial score (nSPS) is 18.6. The van der Waals surface area contributed by atoms with Crippen LogP contribution in [-0.4, -0.2) is 27.4 Å². The number of aromatic nitrogens is 2. The number of hydrogen-bond acceptors (Lipinski definition) is 6. The summed E-state index contributed by atoms with van der Waals surface area (Å²) in [5.41, 5.74) is 8.07. The number of rotatable bonds is 2. The lowest BCUT2D eigenvalue weighted by atomic mass is 10.3. The number of nitrogens with zero attached hydrogens (tertiary/aromatic N) is 4. The summed E-state index contributed by atoms with van der Waals surface area (Å²) in [4.78, 5) is 4.69. The summed E-state index contributed by atoms with van der Waals surface area (Å²) >= 11 is 0. The lowest BCUT2D eigenvalue weighted by Crippen LogP contribution is -2.38. The highest BCUT2D eigenvalue weighted by atomic mass is 15.8. The molecule has 0 spiro atoms. The third-order valence-corrected chi connectivity index (χ3v) is 3.09. The Kier molecular flexibility index (Phi) is 2.30. The molecule has 2 aliphatic heterocycles.